The number of nitrogens with zero attached hydrogens (tertiary/aromatic N) is 2. The van der Waals surface area contributed by atoms with Crippen LogP contribution in [0.25, 0.3) is 0 Å². The van der Waals surface area contributed by atoms with Crippen LogP contribution in [0.3, 0.4) is 0 Å². The molecule has 0 saturated heterocycles. The lowest BCUT2D eigenvalue weighted by atomic mass is 10.2. The highest BCUT2D eigenvalue weighted by Crippen LogP contribution is 2.14. The zero-order chi connectivity index (χ0) is 13.9. The Bertz CT molecular complexity index is 720. The summed E-state index contributed by atoms with van der Waals surface area (Å²) in [5.41, 5.74) is 0.274. The minimum absolute atomic E-state index is 0.0294. The number of hydrogen-bond acceptors (Lipinski definition) is 4. The third-order valence-electron chi connectivity index (χ3n) is 2.38. The second-order valence-electron chi connectivity index (χ2n) is 3.65. The molecule has 0 spiro atoms. The maximum Gasteiger partial charge on any atom is 0.240 e. The molecule has 8 heteroatoms. The van der Waals surface area contributed by atoms with Gasteiger partial charge in [0.05, 0.1) is 23.3 Å². The van der Waals surface area contributed by atoms with Crippen molar-refractivity contribution in [2.45, 2.75) is 11.4 Å². The van der Waals surface area contributed by atoms with E-state index in [1.165, 1.54) is 12.5 Å². The fraction of sp³-hybridized carbons (Fsp3) is 0.0909. The lowest BCUT2D eigenvalue weighted by Crippen LogP contribution is -2.23. The van der Waals surface area contributed by atoms with Crippen molar-refractivity contribution in [2.24, 2.45) is 0 Å². The molecule has 19 heavy (non-hydrogen) atoms. The largest absolute Gasteiger partial charge is 0.347 e. The lowest BCUT2D eigenvalue weighted by molar-refractivity contribution is 0.579. The van der Waals surface area contributed by atoms with Crippen LogP contribution in [0.5, 0.6) is 0 Å². The Morgan fingerprint density at radius 3 is 2.89 bits per heavy atom. The van der Waals surface area contributed by atoms with E-state index in [9.17, 15) is 12.8 Å². The molecule has 1 aromatic carbocycles. The molecule has 1 heterocycles. The first-order valence-electron chi connectivity index (χ1n) is 5.19. The summed E-state index contributed by atoms with van der Waals surface area (Å²) in [6.07, 6.45) is 2.91. The van der Waals surface area contributed by atoms with E-state index < -0.39 is 15.8 Å². The molecule has 0 aliphatic heterocycles. The van der Waals surface area contributed by atoms with E-state index in [4.69, 9.17) is 5.26 Å². The Labute approximate surface area is 109 Å². The molecule has 2 aromatic rings. The first-order valence-corrected chi connectivity index (χ1v) is 6.68. The van der Waals surface area contributed by atoms with Gasteiger partial charge < -0.3 is 4.98 Å². The monoisotopic (exact) mass is 280 g/mol. The molecule has 0 unspecified atom stereocenters. The van der Waals surface area contributed by atoms with Crippen molar-refractivity contribution >= 4 is 10.0 Å². The SMILES string of the molecule is N#Cc1cc(S(=O)(=O)NCc2cnc[nH]2)ccc1F. The molecule has 0 radical (unpaired) electrons. The van der Waals surface area contributed by atoms with E-state index in [1.54, 1.807) is 6.07 Å². The van der Waals surface area contributed by atoms with Crippen molar-refractivity contribution in [3.63, 3.8) is 0 Å². The highest BCUT2D eigenvalue weighted by molar-refractivity contribution is 7.89. The fourth-order valence-corrected chi connectivity index (χ4v) is 2.43. The van der Waals surface area contributed by atoms with Crippen LogP contribution in [0.4, 0.5) is 4.39 Å². The van der Waals surface area contributed by atoms with E-state index in [0.29, 0.717) is 5.69 Å². The second-order valence-corrected chi connectivity index (χ2v) is 5.42. The van der Waals surface area contributed by atoms with E-state index in [-0.39, 0.29) is 17.0 Å². The molecule has 2 N–H and O–H groups in total. The molecule has 0 bridgehead atoms. The van der Waals surface area contributed by atoms with Gasteiger partial charge in [-0.1, -0.05) is 0 Å². The topological polar surface area (TPSA) is 98.6 Å². The Hall–Kier alpha value is -2.24. The van der Waals surface area contributed by atoms with E-state index >= 15 is 0 Å². The van der Waals surface area contributed by atoms with Crippen molar-refractivity contribution in [3.8, 4) is 6.07 Å². The number of nitrogens with one attached hydrogen (secondary N) is 2. The van der Waals surface area contributed by atoms with Crippen molar-refractivity contribution in [3.05, 3.63) is 47.8 Å². The molecule has 0 amide bonds. The van der Waals surface area contributed by atoms with Gasteiger partial charge in [-0.25, -0.2) is 22.5 Å². The van der Waals surface area contributed by atoms with Gasteiger partial charge >= 0.3 is 0 Å². The molecule has 0 aliphatic rings. The smallest absolute Gasteiger partial charge is 0.240 e. The minimum atomic E-state index is -3.80. The molecular formula is C11H9FN4O2S. The third kappa shape index (κ3) is 2.96. The zero-order valence-corrected chi connectivity index (χ0v) is 10.4. The van der Waals surface area contributed by atoms with Crippen LogP contribution < -0.4 is 4.72 Å². The van der Waals surface area contributed by atoms with Crippen LogP contribution in [-0.4, -0.2) is 18.4 Å². The van der Waals surface area contributed by atoms with Crippen LogP contribution in [0.15, 0.2) is 35.6 Å². The number of H-pyrrole nitrogens is 1. The number of imidazole rings is 1. The maximum absolute atomic E-state index is 13.1. The van der Waals surface area contributed by atoms with Gasteiger partial charge in [-0.15, -0.1) is 0 Å². The third-order valence-corrected chi connectivity index (χ3v) is 3.77. The van der Waals surface area contributed by atoms with E-state index in [0.717, 1.165) is 18.2 Å². The van der Waals surface area contributed by atoms with Gasteiger partial charge in [0.2, 0.25) is 10.0 Å². The normalized spacial score (nSPS) is 11.2. The zero-order valence-electron chi connectivity index (χ0n) is 9.59. The first-order chi connectivity index (χ1) is 9.03. The second kappa shape index (κ2) is 5.17. The lowest BCUT2D eigenvalue weighted by Gasteiger charge is -2.06. The average molecular weight is 280 g/mol. The first kappa shape index (κ1) is 13.2. The van der Waals surface area contributed by atoms with Gasteiger partial charge in [0.1, 0.15) is 11.9 Å². The Morgan fingerprint density at radius 2 is 2.26 bits per heavy atom. The quantitative estimate of drug-likeness (QED) is 0.869. The number of rotatable bonds is 4. The van der Waals surface area contributed by atoms with Crippen LogP contribution >= 0.6 is 0 Å². The molecule has 6 nitrogen and oxygen atoms in total. The molecule has 2 rings (SSSR count). The standard InChI is InChI=1S/C11H9FN4O2S/c12-11-2-1-10(3-8(11)4-13)19(17,18)16-6-9-5-14-7-15-9/h1-3,5,7,16H,6H2,(H,14,15). The van der Waals surface area contributed by atoms with Gasteiger partial charge in [-0.2, -0.15) is 5.26 Å². The van der Waals surface area contributed by atoms with Crippen molar-refractivity contribution in [2.75, 3.05) is 0 Å². The number of aromatic amines is 1. The number of hydrogen-bond donors (Lipinski definition) is 2. The Kier molecular flexibility index (Phi) is 3.59. The van der Waals surface area contributed by atoms with Gasteiger partial charge in [-0.3, -0.25) is 0 Å². The molecular weight excluding hydrogens is 271 g/mol. The Balaban J connectivity index is 2.22. The summed E-state index contributed by atoms with van der Waals surface area (Å²) >= 11 is 0. The van der Waals surface area contributed by atoms with Gasteiger partial charge in [0.15, 0.2) is 0 Å². The predicted octanol–water partition coefficient (Wildman–Crippen LogP) is 0.899. The molecule has 0 atom stereocenters. The van der Waals surface area contributed by atoms with Crippen LogP contribution in [-0.2, 0) is 16.6 Å². The van der Waals surface area contributed by atoms with Crippen LogP contribution in [0.1, 0.15) is 11.3 Å². The Morgan fingerprint density at radius 1 is 1.47 bits per heavy atom. The average Bonchev–Trinajstić information content (AvgIpc) is 2.90. The molecule has 98 valence electrons. The molecule has 0 fully saturated rings. The summed E-state index contributed by atoms with van der Waals surface area (Å²) in [7, 11) is -3.80. The highest BCUT2D eigenvalue weighted by atomic mass is 32.2. The van der Waals surface area contributed by atoms with Gasteiger partial charge in [0, 0.05) is 11.9 Å². The summed E-state index contributed by atoms with van der Waals surface area (Å²) in [5, 5.41) is 8.67. The molecule has 1 aromatic heterocycles. The van der Waals surface area contributed by atoms with Crippen molar-refractivity contribution < 1.29 is 12.8 Å². The van der Waals surface area contributed by atoms with Crippen LogP contribution in [0, 0.1) is 17.1 Å². The van der Waals surface area contributed by atoms with E-state index in [1.807, 2.05) is 0 Å². The fourth-order valence-electron chi connectivity index (χ4n) is 1.39. The summed E-state index contributed by atoms with van der Waals surface area (Å²) in [6.45, 7) is 0.0294. The summed E-state index contributed by atoms with van der Waals surface area (Å²) in [5.74, 6) is -0.755. The van der Waals surface area contributed by atoms with Crippen LogP contribution in [0.2, 0.25) is 0 Å². The van der Waals surface area contributed by atoms with Gasteiger partial charge in [0.25, 0.3) is 0 Å². The number of halogens is 1. The van der Waals surface area contributed by atoms with Gasteiger partial charge in [-0.05, 0) is 18.2 Å². The van der Waals surface area contributed by atoms with Crippen molar-refractivity contribution in [1.82, 2.24) is 14.7 Å². The minimum Gasteiger partial charge on any atom is -0.347 e. The summed E-state index contributed by atoms with van der Waals surface area (Å²) in [4.78, 5) is 6.33. The number of sulfonamides is 1. The molecule has 0 saturated carbocycles. The number of aromatic nitrogens is 2. The summed E-state index contributed by atoms with van der Waals surface area (Å²) in [6, 6.07) is 4.64. The summed E-state index contributed by atoms with van der Waals surface area (Å²) < 4.78 is 39.3. The van der Waals surface area contributed by atoms with E-state index in [2.05, 4.69) is 14.7 Å². The highest BCUT2D eigenvalue weighted by Gasteiger charge is 2.16. The molecule has 0 aliphatic carbocycles. The predicted molar refractivity (Wildman–Crippen MR) is 63.7 cm³/mol. The van der Waals surface area contributed by atoms with Crippen molar-refractivity contribution in [1.29, 1.82) is 5.26 Å². The maximum atomic E-state index is 13.1. The number of benzene rings is 1. The number of nitriles is 1.